The van der Waals surface area contributed by atoms with Crippen LogP contribution in [0.15, 0.2) is 59.4 Å². The number of amides is 1. The molecule has 2 atom stereocenters. The third-order valence-corrected chi connectivity index (χ3v) is 6.26. The summed E-state index contributed by atoms with van der Waals surface area (Å²) in [5.74, 6) is 1.21. The zero-order valence-corrected chi connectivity index (χ0v) is 17.1. The first-order chi connectivity index (χ1) is 14.6. The quantitative estimate of drug-likeness (QED) is 0.732. The van der Waals surface area contributed by atoms with Crippen molar-refractivity contribution in [1.82, 2.24) is 14.9 Å². The van der Waals surface area contributed by atoms with Crippen LogP contribution in [0.2, 0.25) is 0 Å². The molecule has 3 aromatic rings. The van der Waals surface area contributed by atoms with Gasteiger partial charge in [0.1, 0.15) is 5.82 Å². The molecule has 0 unspecified atom stereocenters. The van der Waals surface area contributed by atoms with Gasteiger partial charge in [-0.25, -0.2) is 4.98 Å². The fourth-order valence-electron chi connectivity index (χ4n) is 4.42. The highest BCUT2D eigenvalue weighted by molar-refractivity contribution is 5.83. The van der Waals surface area contributed by atoms with Crippen molar-refractivity contribution < 1.29 is 4.79 Å². The number of carbonyl (C=O) groups is 1. The summed E-state index contributed by atoms with van der Waals surface area (Å²) in [5.41, 5.74) is 4.92. The molecule has 2 aliphatic rings. The Hall–Kier alpha value is -3.21. The van der Waals surface area contributed by atoms with Crippen molar-refractivity contribution in [3.05, 3.63) is 98.7 Å². The standard InChI is InChI=1S/C25H25N3O2/c1-16-7-9-17(10-8-16)13-23-26-22-11-12-28(15-21(22)24(29)27-23)25(30)20-14-19(20)18-5-3-2-4-6-18/h2-10,19-20H,11-15H2,1H3,(H,26,27,29)/t19-,20+/m0/s1. The Bertz CT molecular complexity index is 1140. The molecule has 152 valence electrons. The molecule has 0 radical (unpaired) electrons. The number of rotatable bonds is 4. The van der Waals surface area contributed by atoms with Gasteiger partial charge in [-0.3, -0.25) is 9.59 Å². The first-order valence-corrected chi connectivity index (χ1v) is 10.6. The van der Waals surface area contributed by atoms with Gasteiger partial charge in [-0.1, -0.05) is 60.2 Å². The van der Waals surface area contributed by atoms with Gasteiger partial charge in [0.15, 0.2) is 0 Å². The lowest BCUT2D eigenvalue weighted by Crippen LogP contribution is -2.40. The second-order valence-electron chi connectivity index (χ2n) is 8.47. The van der Waals surface area contributed by atoms with Crippen LogP contribution in [0, 0.1) is 12.8 Å². The van der Waals surface area contributed by atoms with E-state index < -0.39 is 0 Å². The van der Waals surface area contributed by atoms with Crippen molar-refractivity contribution in [2.45, 2.75) is 38.6 Å². The number of hydrogen-bond donors (Lipinski definition) is 1. The van der Waals surface area contributed by atoms with E-state index in [9.17, 15) is 9.59 Å². The molecule has 1 saturated carbocycles. The fourth-order valence-corrected chi connectivity index (χ4v) is 4.42. The summed E-state index contributed by atoms with van der Waals surface area (Å²) in [5, 5.41) is 0. The highest BCUT2D eigenvalue weighted by atomic mass is 16.2. The molecule has 30 heavy (non-hydrogen) atoms. The molecule has 2 heterocycles. The topological polar surface area (TPSA) is 66.1 Å². The van der Waals surface area contributed by atoms with Gasteiger partial charge in [0.25, 0.3) is 5.56 Å². The van der Waals surface area contributed by atoms with E-state index >= 15 is 0 Å². The van der Waals surface area contributed by atoms with Crippen LogP contribution in [-0.4, -0.2) is 27.3 Å². The summed E-state index contributed by atoms with van der Waals surface area (Å²) in [6, 6.07) is 18.5. The number of H-pyrrole nitrogens is 1. The third kappa shape index (κ3) is 3.67. The monoisotopic (exact) mass is 399 g/mol. The van der Waals surface area contributed by atoms with Crippen LogP contribution < -0.4 is 5.56 Å². The average Bonchev–Trinajstić information content (AvgIpc) is 3.56. The molecular weight excluding hydrogens is 374 g/mol. The lowest BCUT2D eigenvalue weighted by atomic mass is 10.0. The SMILES string of the molecule is Cc1ccc(Cc2nc3c(c(=O)[nH]2)CN(C(=O)[C@@H]2C[C@H]2c2ccccc2)CC3)cc1. The Morgan fingerprint density at radius 3 is 2.67 bits per heavy atom. The molecule has 1 N–H and O–H groups in total. The molecule has 0 bridgehead atoms. The maximum Gasteiger partial charge on any atom is 0.256 e. The number of nitrogens with one attached hydrogen (secondary N) is 1. The molecule has 0 saturated heterocycles. The van der Waals surface area contributed by atoms with E-state index in [2.05, 4.69) is 48.3 Å². The molecule has 5 heteroatoms. The van der Waals surface area contributed by atoms with Crippen LogP contribution in [0.3, 0.4) is 0 Å². The molecule has 2 aromatic carbocycles. The van der Waals surface area contributed by atoms with Crippen molar-refractivity contribution in [2.24, 2.45) is 5.92 Å². The fraction of sp³-hybridized carbons (Fsp3) is 0.320. The lowest BCUT2D eigenvalue weighted by molar-refractivity contribution is -0.133. The minimum atomic E-state index is -0.116. The van der Waals surface area contributed by atoms with E-state index in [1.807, 2.05) is 23.1 Å². The Morgan fingerprint density at radius 2 is 1.90 bits per heavy atom. The van der Waals surface area contributed by atoms with Crippen LogP contribution in [0.5, 0.6) is 0 Å². The number of aryl methyl sites for hydroxylation is 1. The molecule has 1 amide bonds. The summed E-state index contributed by atoms with van der Waals surface area (Å²) >= 11 is 0. The molecule has 5 nitrogen and oxygen atoms in total. The van der Waals surface area contributed by atoms with Crippen LogP contribution >= 0.6 is 0 Å². The van der Waals surface area contributed by atoms with Crippen LogP contribution in [0.1, 0.15) is 46.1 Å². The van der Waals surface area contributed by atoms with E-state index in [0.717, 1.165) is 17.7 Å². The molecule has 1 aromatic heterocycles. The number of benzene rings is 2. The predicted octanol–water partition coefficient (Wildman–Crippen LogP) is 3.36. The normalized spacial score (nSPS) is 20.0. The van der Waals surface area contributed by atoms with Gasteiger partial charge >= 0.3 is 0 Å². The van der Waals surface area contributed by atoms with Gasteiger partial charge in [-0.15, -0.1) is 0 Å². The van der Waals surface area contributed by atoms with Crippen molar-refractivity contribution in [1.29, 1.82) is 0 Å². The molecule has 1 aliphatic heterocycles. The maximum atomic E-state index is 13.0. The summed E-state index contributed by atoms with van der Waals surface area (Å²) in [6.45, 7) is 3.04. The maximum absolute atomic E-state index is 13.0. The predicted molar refractivity (Wildman–Crippen MR) is 115 cm³/mol. The van der Waals surface area contributed by atoms with E-state index in [1.54, 1.807) is 0 Å². The van der Waals surface area contributed by atoms with Crippen molar-refractivity contribution >= 4 is 5.91 Å². The van der Waals surface area contributed by atoms with Gasteiger partial charge < -0.3 is 9.88 Å². The molecule has 1 fully saturated rings. The van der Waals surface area contributed by atoms with E-state index in [-0.39, 0.29) is 17.4 Å². The van der Waals surface area contributed by atoms with Crippen molar-refractivity contribution in [2.75, 3.05) is 6.54 Å². The Balaban J connectivity index is 1.29. The third-order valence-electron chi connectivity index (χ3n) is 6.26. The molecule has 1 aliphatic carbocycles. The Kier molecular flexibility index (Phi) is 4.74. The summed E-state index contributed by atoms with van der Waals surface area (Å²) in [6.07, 6.45) is 2.14. The zero-order valence-electron chi connectivity index (χ0n) is 17.1. The minimum absolute atomic E-state index is 0.0433. The minimum Gasteiger partial charge on any atom is -0.337 e. The second-order valence-corrected chi connectivity index (χ2v) is 8.47. The first kappa shape index (κ1) is 18.8. The Morgan fingerprint density at radius 1 is 1.13 bits per heavy atom. The lowest BCUT2D eigenvalue weighted by Gasteiger charge is -2.28. The number of nitrogens with zero attached hydrogens (tertiary/aromatic N) is 2. The average molecular weight is 399 g/mol. The summed E-state index contributed by atoms with van der Waals surface area (Å²) in [7, 11) is 0. The highest BCUT2D eigenvalue weighted by Crippen LogP contribution is 2.48. The second kappa shape index (κ2) is 7.56. The van der Waals surface area contributed by atoms with Gasteiger partial charge in [0.05, 0.1) is 17.8 Å². The number of hydrogen-bond acceptors (Lipinski definition) is 3. The number of carbonyl (C=O) groups excluding carboxylic acids is 1. The van der Waals surface area contributed by atoms with Crippen LogP contribution in [-0.2, 0) is 24.2 Å². The molecular formula is C25H25N3O2. The van der Waals surface area contributed by atoms with Crippen LogP contribution in [0.4, 0.5) is 0 Å². The number of aromatic nitrogens is 2. The highest BCUT2D eigenvalue weighted by Gasteiger charge is 2.46. The van der Waals surface area contributed by atoms with Crippen molar-refractivity contribution in [3.8, 4) is 0 Å². The largest absolute Gasteiger partial charge is 0.337 e. The number of aromatic amines is 1. The van der Waals surface area contributed by atoms with Crippen molar-refractivity contribution in [3.63, 3.8) is 0 Å². The molecule has 0 spiro atoms. The Labute approximate surface area is 175 Å². The smallest absolute Gasteiger partial charge is 0.256 e. The zero-order chi connectivity index (χ0) is 20.7. The summed E-state index contributed by atoms with van der Waals surface area (Å²) in [4.78, 5) is 35.2. The summed E-state index contributed by atoms with van der Waals surface area (Å²) < 4.78 is 0. The van der Waals surface area contributed by atoms with Gasteiger partial charge in [-0.2, -0.15) is 0 Å². The first-order valence-electron chi connectivity index (χ1n) is 10.6. The molecule has 5 rings (SSSR count). The number of fused-ring (bicyclic) bond motifs is 1. The van der Waals surface area contributed by atoms with Gasteiger partial charge in [0, 0.05) is 25.3 Å². The van der Waals surface area contributed by atoms with E-state index in [1.165, 1.54) is 11.1 Å². The van der Waals surface area contributed by atoms with E-state index in [0.29, 0.717) is 43.2 Å². The van der Waals surface area contributed by atoms with Gasteiger partial charge in [-0.05, 0) is 30.4 Å². The van der Waals surface area contributed by atoms with Gasteiger partial charge in [0.2, 0.25) is 5.91 Å². The van der Waals surface area contributed by atoms with E-state index in [4.69, 9.17) is 4.98 Å². The van der Waals surface area contributed by atoms with Crippen LogP contribution in [0.25, 0.3) is 0 Å².